The lowest BCUT2D eigenvalue weighted by atomic mass is 10.1. The van der Waals surface area contributed by atoms with Crippen LogP contribution in [0, 0.1) is 0 Å². The van der Waals surface area contributed by atoms with E-state index in [0.29, 0.717) is 18.5 Å². The summed E-state index contributed by atoms with van der Waals surface area (Å²) < 4.78 is 5.44. The van der Waals surface area contributed by atoms with Gasteiger partial charge in [-0.3, -0.25) is 4.90 Å². The van der Waals surface area contributed by atoms with E-state index in [0.717, 1.165) is 18.9 Å². The van der Waals surface area contributed by atoms with Crippen molar-refractivity contribution in [3.8, 4) is 5.88 Å². The Morgan fingerprint density at radius 3 is 2.57 bits per heavy atom. The van der Waals surface area contributed by atoms with Crippen LogP contribution in [0.25, 0.3) is 0 Å². The minimum atomic E-state index is 0.640. The minimum absolute atomic E-state index is 0.640. The average molecular weight is 291 g/mol. The van der Waals surface area contributed by atoms with E-state index >= 15 is 0 Å². The first-order chi connectivity index (χ1) is 10.3. The first kappa shape index (κ1) is 14.5. The zero-order valence-electron chi connectivity index (χ0n) is 13.0. The molecule has 0 atom stereocenters. The van der Waals surface area contributed by atoms with Crippen molar-refractivity contribution in [3.05, 3.63) is 12.4 Å². The molecule has 2 saturated heterocycles. The molecule has 21 heavy (non-hydrogen) atoms. The summed E-state index contributed by atoms with van der Waals surface area (Å²) in [4.78, 5) is 15.9. The lowest BCUT2D eigenvalue weighted by Gasteiger charge is -2.48. The number of hydrogen-bond acceptors (Lipinski definition) is 6. The van der Waals surface area contributed by atoms with Gasteiger partial charge in [-0.15, -0.1) is 0 Å². The van der Waals surface area contributed by atoms with Crippen molar-refractivity contribution in [3.63, 3.8) is 0 Å². The van der Waals surface area contributed by atoms with Gasteiger partial charge in [0.15, 0.2) is 0 Å². The highest BCUT2D eigenvalue weighted by Gasteiger charge is 2.34. The maximum atomic E-state index is 5.44. The molecule has 6 heteroatoms. The maximum Gasteiger partial charge on any atom is 0.218 e. The normalized spacial score (nSPS) is 21.3. The van der Waals surface area contributed by atoms with Crippen molar-refractivity contribution in [2.75, 3.05) is 57.3 Å². The van der Waals surface area contributed by atoms with E-state index < -0.39 is 0 Å². The van der Waals surface area contributed by atoms with Gasteiger partial charge in [0.05, 0.1) is 6.61 Å². The molecule has 3 heterocycles. The van der Waals surface area contributed by atoms with Crippen LogP contribution in [-0.4, -0.2) is 78.2 Å². The van der Waals surface area contributed by atoms with Gasteiger partial charge >= 0.3 is 0 Å². The van der Waals surface area contributed by atoms with Crippen molar-refractivity contribution < 1.29 is 4.74 Å². The molecule has 0 radical (unpaired) electrons. The zero-order chi connectivity index (χ0) is 14.7. The van der Waals surface area contributed by atoms with E-state index in [1.165, 1.54) is 32.7 Å². The predicted octanol–water partition coefficient (Wildman–Crippen LogP) is 0.701. The summed E-state index contributed by atoms with van der Waals surface area (Å²) in [5.74, 6) is 1.65. The van der Waals surface area contributed by atoms with Crippen LogP contribution in [0.1, 0.15) is 13.8 Å². The molecule has 1 aromatic heterocycles. The third kappa shape index (κ3) is 3.27. The maximum absolute atomic E-state index is 5.44. The average Bonchev–Trinajstić information content (AvgIpc) is 2.47. The highest BCUT2D eigenvalue weighted by atomic mass is 16.5. The molecule has 116 valence electrons. The predicted molar refractivity (Wildman–Crippen MR) is 82.9 cm³/mol. The lowest BCUT2D eigenvalue weighted by Crippen LogP contribution is -2.63. The van der Waals surface area contributed by atoms with Crippen LogP contribution in [0.5, 0.6) is 5.88 Å². The summed E-state index contributed by atoms with van der Waals surface area (Å²) in [5, 5.41) is 0. The fourth-order valence-corrected chi connectivity index (χ4v) is 3.05. The van der Waals surface area contributed by atoms with Gasteiger partial charge in [0, 0.05) is 51.4 Å². The van der Waals surface area contributed by atoms with Crippen molar-refractivity contribution >= 4 is 5.82 Å². The number of piperazine rings is 1. The van der Waals surface area contributed by atoms with Crippen molar-refractivity contribution in [1.82, 2.24) is 19.8 Å². The largest absolute Gasteiger partial charge is 0.478 e. The van der Waals surface area contributed by atoms with Gasteiger partial charge in [-0.05, 0) is 13.5 Å². The van der Waals surface area contributed by atoms with Crippen LogP contribution >= 0.6 is 0 Å². The van der Waals surface area contributed by atoms with Crippen LogP contribution in [0.3, 0.4) is 0 Å². The third-order valence-corrected chi connectivity index (χ3v) is 4.48. The molecule has 0 aliphatic carbocycles. The molecule has 0 unspecified atom stereocenters. The number of hydrogen-bond donors (Lipinski definition) is 0. The second-order valence-corrected chi connectivity index (χ2v) is 5.68. The summed E-state index contributed by atoms with van der Waals surface area (Å²) in [6.45, 7) is 12.9. The van der Waals surface area contributed by atoms with Gasteiger partial charge in [0.1, 0.15) is 12.1 Å². The second kappa shape index (κ2) is 6.58. The van der Waals surface area contributed by atoms with Crippen LogP contribution in [0.4, 0.5) is 5.82 Å². The number of likely N-dealkylation sites (N-methyl/N-ethyl adjacent to an activating group) is 1. The number of anilines is 1. The summed E-state index contributed by atoms with van der Waals surface area (Å²) >= 11 is 0. The molecular formula is C15H25N5O. The van der Waals surface area contributed by atoms with Crippen LogP contribution in [0.15, 0.2) is 12.4 Å². The minimum Gasteiger partial charge on any atom is -0.478 e. The highest BCUT2D eigenvalue weighted by Crippen LogP contribution is 2.24. The summed E-state index contributed by atoms with van der Waals surface area (Å²) in [5.41, 5.74) is 0. The van der Waals surface area contributed by atoms with Crippen molar-refractivity contribution in [1.29, 1.82) is 0 Å². The standard InChI is InChI=1S/C15H25N5O/c1-3-18-5-7-19(8-6-18)13-10-20(11-13)14-9-15(21-4-2)17-12-16-14/h9,12-13H,3-8,10-11H2,1-2H3. The fourth-order valence-electron chi connectivity index (χ4n) is 3.05. The third-order valence-electron chi connectivity index (χ3n) is 4.48. The van der Waals surface area contributed by atoms with Crippen molar-refractivity contribution in [2.24, 2.45) is 0 Å². The molecule has 1 aromatic rings. The first-order valence-electron chi connectivity index (χ1n) is 7.96. The molecule has 0 amide bonds. The van der Waals surface area contributed by atoms with Crippen LogP contribution < -0.4 is 9.64 Å². The van der Waals surface area contributed by atoms with Crippen LogP contribution in [0.2, 0.25) is 0 Å². The first-order valence-corrected chi connectivity index (χ1v) is 7.96. The molecule has 0 spiro atoms. The molecule has 0 bridgehead atoms. The Morgan fingerprint density at radius 1 is 1.14 bits per heavy atom. The van der Waals surface area contributed by atoms with Gasteiger partial charge in [-0.2, -0.15) is 0 Å². The second-order valence-electron chi connectivity index (χ2n) is 5.68. The van der Waals surface area contributed by atoms with E-state index in [-0.39, 0.29) is 0 Å². The molecule has 0 N–H and O–H groups in total. The molecule has 2 aliphatic rings. The zero-order valence-corrected chi connectivity index (χ0v) is 13.0. The Labute approximate surface area is 126 Å². The van der Waals surface area contributed by atoms with E-state index in [9.17, 15) is 0 Å². The number of rotatable bonds is 5. The molecule has 2 fully saturated rings. The fraction of sp³-hybridized carbons (Fsp3) is 0.733. The highest BCUT2D eigenvalue weighted by molar-refractivity contribution is 5.44. The molecule has 2 aliphatic heterocycles. The Balaban J connectivity index is 1.50. The van der Waals surface area contributed by atoms with Crippen molar-refractivity contribution in [2.45, 2.75) is 19.9 Å². The smallest absolute Gasteiger partial charge is 0.218 e. The Bertz CT molecular complexity index is 455. The SMILES string of the molecule is CCOc1cc(N2CC(N3CCN(CC)CC3)C2)ncn1. The van der Waals surface area contributed by atoms with E-state index in [2.05, 4.69) is 31.6 Å². The Morgan fingerprint density at radius 2 is 1.90 bits per heavy atom. The van der Waals surface area contributed by atoms with E-state index in [1.54, 1.807) is 6.33 Å². The molecule has 0 saturated carbocycles. The molecule has 3 rings (SSSR count). The molecule has 6 nitrogen and oxygen atoms in total. The lowest BCUT2D eigenvalue weighted by molar-refractivity contribution is 0.0859. The van der Waals surface area contributed by atoms with Gasteiger partial charge < -0.3 is 14.5 Å². The summed E-state index contributed by atoms with van der Waals surface area (Å²) in [7, 11) is 0. The number of aromatic nitrogens is 2. The monoisotopic (exact) mass is 291 g/mol. The quantitative estimate of drug-likeness (QED) is 0.796. The summed E-state index contributed by atoms with van der Waals surface area (Å²) in [6.07, 6.45) is 1.59. The van der Waals surface area contributed by atoms with Crippen LogP contribution in [-0.2, 0) is 0 Å². The Hall–Kier alpha value is -1.40. The Kier molecular flexibility index (Phi) is 4.55. The van der Waals surface area contributed by atoms with Gasteiger partial charge in [0.2, 0.25) is 5.88 Å². The number of ether oxygens (including phenoxy) is 1. The molecular weight excluding hydrogens is 266 g/mol. The number of nitrogens with zero attached hydrogens (tertiary/aromatic N) is 5. The van der Waals surface area contributed by atoms with Gasteiger partial charge in [-0.25, -0.2) is 9.97 Å². The molecule has 0 aromatic carbocycles. The van der Waals surface area contributed by atoms with Gasteiger partial charge in [-0.1, -0.05) is 6.92 Å². The topological polar surface area (TPSA) is 44.7 Å². The van der Waals surface area contributed by atoms with Gasteiger partial charge in [0.25, 0.3) is 0 Å². The van der Waals surface area contributed by atoms with E-state index in [4.69, 9.17) is 4.74 Å². The summed E-state index contributed by atoms with van der Waals surface area (Å²) in [6, 6.07) is 2.61. The van der Waals surface area contributed by atoms with E-state index in [1.807, 2.05) is 13.0 Å².